The van der Waals surface area contributed by atoms with Crippen molar-refractivity contribution in [2.45, 2.75) is 65.5 Å². The number of hydrogen-bond donors (Lipinski definition) is 2. The summed E-state index contributed by atoms with van der Waals surface area (Å²) in [5.41, 5.74) is -0.410. The van der Waals surface area contributed by atoms with Crippen molar-refractivity contribution in [1.29, 1.82) is 0 Å². The van der Waals surface area contributed by atoms with Crippen molar-refractivity contribution in [1.82, 2.24) is 10.2 Å². The molecular weight excluding hydrogens is 280 g/mol. The molecule has 2 fully saturated rings. The van der Waals surface area contributed by atoms with E-state index in [9.17, 15) is 9.59 Å². The van der Waals surface area contributed by atoms with Crippen LogP contribution in [0.15, 0.2) is 0 Å². The molecule has 2 N–H and O–H groups in total. The molecule has 0 bridgehead atoms. The predicted molar refractivity (Wildman–Crippen MR) is 85.5 cm³/mol. The van der Waals surface area contributed by atoms with Gasteiger partial charge in [0.05, 0.1) is 0 Å². The van der Waals surface area contributed by atoms with Crippen LogP contribution in [0, 0.1) is 17.3 Å². The van der Waals surface area contributed by atoms with Gasteiger partial charge in [-0.25, -0.2) is 0 Å². The van der Waals surface area contributed by atoms with E-state index >= 15 is 0 Å². The molecule has 22 heavy (non-hydrogen) atoms. The van der Waals surface area contributed by atoms with Crippen LogP contribution in [0.2, 0.25) is 0 Å². The smallest absolute Gasteiger partial charge is 0.303 e. The number of likely N-dealkylation sites (tertiary alicyclic amines) is 1. The second kappa shape index (κ2) is 6.57. The summed E-state index contributed by atoms with van der Waals surface area (Å²) in [6.07, 6.45) is 3.51. The van der Waals surface area contributed by atoms with Gasteiger partial charge in [0.15, 0.2) is 0 Å². The maximum atomic E-state index is 12.2. The van der Waals surface area contributed by atoms with Crippen LogP contribution in [0.3, 0.4) is 0 Å². The Labute approximate surface area is 133 Å². The molecule has 126 valence electrons. The zero-order chi connectivity index (χ0) is 16.5. The second-order valence-electron chi connectivity index (χ2n) is 8.15. The van der Waals surface area contributed by atoms with Crippen LogP contribution in [0.1, 0.15) is 53.4 Å². The first-order valence-corrected chi connectivity index (χ1v) is 8.43. The molecule has 1 heterocycles. The summed E-state index contributed by atoms with van der Waals surface area (Å²) in [7, 11) is 0. The monoisotopic (exact) mass is 310 g/mol. The molecule has 0 spiro atoms. The minimum atomic E-state index is -0.744. The minimum Gasteiger partial charge on any atom is -0.481 e. The van der Waals surface area contributed by atoms with E-state index in [0.717, 1.165) is 25.4 Å². The Kier molecular flexibility index (Phi) is 5.15. The van der Waals surface area contributed by atoms with E-state index in [2.05, 4.69) is 17.1 Å². The van der Waals surface area contributed by atoms with Gasteiger partial charge in [-0.2, -0.15) is 0 Å². The topological polar surface area (TPSA) is 69.6 Å². The fourth-order valence-corrected chi connectivity index (χ4v) is 3.35. The predicted octanol–water partition coefficient (Wildman–Crippen LogP) is 2.11. The molecule has 1 saturated carbocycles. The third-order valence-electron chi connectivity index (χ3n) is 4.93. The molecule has 0 radical (unpaired) electrons. The molecule has 0 aromatic heterocycles. The van der Waals surface area contributed by atoms with Crippen LogP contribution in [0.25, 0.3) is 0 Å². The van der Waals surface area contributed by atoms with E-state index in [-0.39, 0.29) is 24.3 Å². The largest absolute Gasteiger partial charge is 0.481 e. The zero-order valence-electron chi connectivity index (χ0n) is 14.3. The van der Waals surface area contributed by atoms with Gasteiger partial charge in [-0.05, 0) is 38.0 Å². The second-order valence-corrected chi connectivity index (χ2v) is 8.15. The standard InChI is InChI=1S/C17H30N2O3/c1-11(13-5-6-13)19-9-12(8-15(20)21)7-14(10-19)18-16(22)17(2,3)4/h11-14H,5-10H2,1-4H3,(H,18,22)(H,20,21). The molecule has 2 rings (SSSR count). The van der Waals surface area contributed by atoms with E-state index in [1.165, 1.54) is 12.8 Å². The number of amides is 1. The van der Waals surface area contributed by atoms with Crippen LogP contribution in [-0.4, -0.2) is 47.1 Å². The fourth-order valence-electron chi connectivity index (χ4n) is 3.35. The molecule has 0 aromatic carbocycles. The number of aliphatic carboxylic acids is 1. The molecule has 3 atom stereocenters. The first kappa shape index (κ1) is 17.3. The maximum Gasteiger partial charge on any atom is 0.303 e. The number of nitrogens with one attached hydrogen (secondary N) is 1. The lowest BCUT2D eigenvalue weighted by molar-refractivity contribution is -0.138. The number of carboxylic acids is 1. The number of carboxylic acid groups (broad SMARTS) is 1. The van der Waals surface area contributed by atoms with E-state index in [1.807, 2.05) is 20.8 Å². The Morgan fingerprint density at radius 3 is 2.41 bits per heavy atom. The molecule has 0 aromatic rings. The summed E-state index contributed by atoms with van der Waals surface area (Å²) < 4.78 is 0. The van der Waals surface area contributed by atoms with Crippen LogP contribution in [0.5, 0.6) is 0 Å². The van der Waals surface area contributed by atoms with Crippen molar-refractivity contribution in [3.63, 3.8) is 0 Å². The lowest BCUT2D eigenvalue weighted by Crippen LogP contribution is -2.55. The Morgan fingerprint density at radius 1 is 1.27 bits per heavy atom. The molecule has 1 amide bonds. The first-order valence-electron chi connectivity index (χ1n) is 8.43. The van der Waals surface area contributed by atoms with Gasteiger partial charge in [-0.15, -0.1) is 0 Å². The fraction of sp³-hybridized carbons (Fsp3) is 0.882. The van der Waals surface area contributed by atoms with Gasteiger partial charge in [0.25, 0.3) is 0 Å². The van der Waals surface area contributed by atoms with E-state index in [0.29, 0.717) is 6.04 Å². The highest BCUT2D eigenvalue weighted by Gasteiger charge is 2.38. The van der Waals surface area contributed by atoms with Crippen molar-refractivity contribution < 1.29 is 14.7 Å². The maximum absolute atomic E-state index is 12.2. The normalized spacial score (nSPS) is 28.2. The van der Waals surface area contributed by atoms with Crippen LogP contribution in [0.4, 0.5) is 0 Å². The Balaban J connectivity index is 2.01. The number of carbonyl (C=O) groups excluding carboxylic acids is 1. The van der Waals surface area contributed by atoms with Gasteiger partial charge >= 0.3 is 5.97 Å². The van der Waals surface area contributed by atoms with Gasteiger partial charge in [0.2, 0.25) is 5.91 Å². The van der Waals surface area contributed by atoms with Crippen LogP contribution in [-0.2, 0) is 9.59 Å². The summed E-state index contributed by atoms with van der Waals surface area (Å²) in [5, 5.41) is 12.2. The first-order chi connectivity index (χ1) is 10.2. The highest BCUT2D eigenvalue weighted by atomic mass is 16.4. The average molecular weight is 310 g/mol. The molecule has 1 aliphatic heterocycles. The number of hydrogen-bond acceptors (Lipinski definition) is 3. The third kappa shape index (κ3) is 4.70. The number of rotatable bonds is 5. The van der Waals surface area contributed by atoms with Gasteiger partial charge in [-0.3, -0.25) is 14.5 Å². The summed E-state index contributed by atoms with van der Waals surface area (Å²) in [6.45, 7) is 9.64. The Morgan fingerprint density at radius 2 is 1.91 bits per heavy atom. The Bertz CT molecular complexity index is 426. The van der Waals surface area contributed by atoms with Gasteiger partial charge in [-0.1, -0.05) is 20.8 Å². The minimum absolute atomic E-state index is 0.0486. The van der Waals surface area contributed by atoms with Crippen molar-refractivity contribution >= 4 is 11.9 Å². The van der Waals surface area contributed by atoms with Crippen molar-refractivity contribution in [2.24, 2.45) is 17.3 Å². The molecule has 5 nitrogen and oxygen atoms in total. The van der Waals surface area contributed by atoms with E-state index < -0.39 is 11.4 Å². The summed E-state index contributed by atoms with van der Waals surface area (Å²) in [4.78, 5) is 25.7. The SMILES string of the molecule is CC(C1CC1)N1CC(CC(=O)O)CC(NC(=O)C(C)(C)C)C1. The Hall–Kier alpha value is -1.10. The third-order valence-corrected chi connectivity index (χ3v) is 4.93. The highest BCUT2D eigenvalue weighted by Crippen LogP contribution is 2.37. The van der Waals surface area contributed by atoms with E-state index in [4.69, 9.17) is 5.11 Å². The van der Waals surface area contributed by atoms with Crippen molar-refractivity contribution in [3.05, 3.63) is 0 Å². The lowest BCUT2D eigenvalue weighted by Gasteiger charge is -2.41. The van der Waals surface area contributed by atoms with Crippen molar-refractivity contribution in [3.8, 4) is 0 Å². The van der Waals surface area contributed by atoms with Gasteiger partial charge in [0.1, 0.15) is 0 Å². The molecular formula is C17H30N2O3. The average Bonchev–Trinajstić information content (AvgIpc) is 3.19. The summed E-state index contributed by atoms with van der Waals surface area (Å²) >= 11 is 0. The van der Waals surface area contributed by atoms with Gasteiger partial charge in [0, 0.05) is 37.0 Å². The molecule has 1 aliphatic carbocycles. The van der Waals surface area contributed by atoms with Crippen LogP contribution >= 0.6 is 0 Å². The van der Waals surface area contributed by atoms with Crippen LogP contribution < -0.4 is 5.32 Å². The van der Waals surface area contributed by atoms with Gasteiger partial charge < -0.3 is 10.4 Å². The zero-order valence-corrected chi connectivity index (χ0v) is 14.3. The molecule has 3 unspecified atom stereocenters. The number of nitrogens with zero attached hydrogens (tertiary/aromatic N) is 1. The highest BCUT2D eigenvalue weighted by molar-refractivity contribution is 5.81. The quantitative estimate of drug-likeness (QED) is 0.816. The molecule has 1 saturated heterocycles. The molecule has 2 aliphatic rings. The van der Waals surface area contributed by atoms with E-state index in [1.54, 1.807) is 0 Å². The number of carbonyl (C=O) groups is 2. The number of piperidine rings is 1. The van der Waals surface area contributed by atoms with Crippen molar-refractivity contribution in [2.75, 3.05) is 13.1 Å². The summed E-state index contributed by atoms with van der Waals surface area (Å²) in [6, 6.07) is 0.552. The molecule has 5 heteroatoms. The summed E-state index contributed by atoms with van der Waals surface area (Å²) in [5.74, 6) is 0.180. The lowest BCUT2D eigenvalue weighted by atomic mass is 9.88.